The average Bonchev–Trinajstić information content (AvgIpc) is 1.86. The van der Waals surface area contributed by atoms with E-state index in [-0.39, 0.29) is 10.2 Å². The summed E-state index contributed by atoms with van der Waals surface area (Å²) in [7, 11) is -3.82. The number of rotatable bonds is 4. The van der Waals surface area contributed by atoms with Gasteiger partial charge in [0.15, 0.2) is 0 Å². The molecule has 0 heterocycles. The van der Waals surface area contributed by atoms with Crippen LogP contribution in [0.1, 0.15) is 13.3 Å². The quantitative estimate of drug-likeness (QED) is 0.274. The van der Waals surface area contributed by atoms with Crippen LogP contribution in [-0.2, 0) is 10.0 Å². The molecule has 0 unspecified atom stereocenters. The van der Waals surface area contributed by atoms with Crippen LogP contribution >= 0.6 is 0 Å². The number of nitrogens with zero attached hydrogens (tertiary/aromatic N) is 2. The van der Waals surface area contributed by atoms with Crippen LogP contribution in [0.3, 0.4) is 0 Å². The highest BCUT2D eigenvalue weighted by molar-refractivity contribution is 7.89. The molecule has 0 aromatic heterocycles. The van der Waals surface area contributed by atoms with Gasteiger partial charge < -0.3 is 5.73 Å². The van der Waals surface area contributed by atoms with Crippen LogP contribution in [0.25, 0.3) is 0 Å². The largest absolute Gasteiger partial charge is 0.368 e. The fourth-order valence-electron chi connectivity index (χ4n) is 0.589. The van der Waals surface area contributed by atoms with Crippen molar-refractivity contribution in [1.29, 1.82) is 5.41 Å². The molecule has 0 fully saturated rings. The van der Waals surface area contributed by atoms with E-state index < -0.39 is 16.0 Å². The van der Waals surface area contributed by atoms with Crippen molar-refractivity contribution in [2.75, 3.05) is 5.75 Å². The zero-order valence-electron chi connectivity index (χ0n) is 6.52. The normalized spacial score (nSPS) is 10.8. The summed E-state index contributed by atoms with van der Waals surface area (Å²) in [6.45, 7) is 1.63. The summed E-state index contributed by atoms with van der Waals surface area (Å²) >= 11 is 0. The summed E-state index contributed by atoms with van der Waals surface area (Å²) < 4.78 is 22.0. The summed E-state index contributed by atoms with van der Waals surface area (Å²) in [5, 5.41) is 8.84. The first-order chi connectivity index (χ1) is 5.45. The Bertz CT molecular complexity index is 272. The zero-order valence-corrected chi connectivity index (χ0v) is 7.34. The monoisotopic (exact) mass is 194 g/mol. The Labute approximate surface area is 70.0 Å². The lowest BCUT2D eigenvalue weighted by molar-refractivity contribution is 0.527. The van der Waals surface area contributed by atoms with E-state index in [2.05, 4.69) is 5.29 Å². The van der Waals surface area contributed by atoms with Gasteiger partial charge in [-0.2, -0.15) is 0 Å². The Morgan fingerprint density at radius 2 is 2.17 bits per heavy atom. The second kappa shape index (κ2) is 4.00. The summed E-state index contributed by atoms with van der Waals surface area (Å²) in [6.07, 6.45) is 0.335. The first kappa shape index (κ1) is 10.8. The molecule has 12 heavy (non-hydrogen) atoms. The van der Waals surface area contributed by atoms with Crippen molar-refractivity contribution < 1.29 is 8.42 Å². The third-order valence-corrected chi connectivity index (χ3v) is 2.72. The number of hydrogen-bond donors (Lipinski definition) is 2. The Kier molecular flexibility index (Phi) is 3.61. The summed E-state index contributed by atoms with van der Waals surface area (Å²) in [5.41, 5.74) is 4.80. The van der Waals surface area contributed by atoms with Crippen LogP contribution in [-0.4, -0.2) is 24.5 Å². The van der Waals surface area contributed by atoms with Crippen molar-refractivity contribution in [2.24, 2.45) is 11.0 Å². The van der Waals surface area contributed by atoms with Gasteiger partial charge in [-0.3, -0.25) is 5.41 Å². The van der Waals surface area contributed by atoms with Gasteiger partial charge in [0, 0.05) is 0 Å². The third-order valence-electron chi connectivity index (χ3n) is 1.01. The highest BCUT2D eigenvalue weighted by Gasteiger charge is 2.23. The lowest BCUT2D eigenvalue weighted by Crippen LogP contribution is -2.38. The van der Waals surface area contributed by atoms with Crippen molar-refractivity contribution in [1.82, 2.24) is 4.41 Å². The molecule has 0 rings (SSSR count). The van der Waals surface area contributed by atoms with Crippen LogP contribution in [0.4, 0.5) is 0 Å². The van der Waals surface area contributed by atoms with E-state index in [1.807, 2.05) is 0 Å². The summed E-state index contributed by atoms with van der Waals surface area (Å²) in [6, 6.07) is 0. The van der Waals surface area contributed by atoms with Crippen molar-refractivity contribution in [3.8, 4) is 0 Å². The van der Waals surface area contributed by atoms with E-state index in [9.17, 15) is 13.3 Å². The van der Waals surface area contributed by atoms with Crippen LogP contribution in [0, 0.1) is 10.3 Å². The highest BCUT2D eigenvalue weighted by Crippen LogP contribution is 2.02. The van der Waals surface area contributed by atoms with Gasteiger partial charge in [-0.15, -0.1) is 4.91 Å². The molecule has 8 heteroatoms. The minimum atomic E-state index is -3.82. The van der Waals surface area contributed by atoms with Crippen molar-refractivity contribution in [3.05, 3.63) is 4.91 Å². The molecule has 0 aromatic carbocycles. The predicted octanol–water partition coefficient (Wildman–Crippen LogP) is -0.397. The van der Waals surface area contributed by atoms with Gasteiger partial charge >= 0.3 is 0 Å². The molecule has 0 aromatic rings. The van der Waals surface area contributed by atoms with Crippen LogP contribution in [0.2, 0.25) is 0 Å². The Hall–Kier alpha value is -1.18. The smallest absolute Gasteiger partial charge is 0.259 e. The van der Waals surface area contributed by atoms with Gasteiger partial charge in [0.2, 0.25) is 5.96 Å². The second-order valence-electron chi connectivity index (χ2n) is 2.03. The molecule has 0 saturated heterocycles. The van der Waals surface area contributed by atoms with Crippen LogP contribution in [0.15, 0.2) is 5.29 Å². The number of guanidine groups is 1. The Morgan fingerprint density at radius 3 is 2.42 bits per heavy atom. The fourth-order valence-corrected chi connectivity index (χ4v) is 1.68. The van der Waals surface area contributed by atoms with Crippen molar-refractivity contribution in [2.45, 2.75) is 13.3 Å². The fraction of sp³-hybridized carbons (Fsp3) is 0.750. The zero-order chi connectivity index (χ0) is 9.78. The van der Waals surface area contributed by atoms with E-state index in [0.29, 0.717) is 6.42 Å². The summed E-state index contributed by atoms with van der Waals surface area (Å²) in [5.74, 6) is -1.14. The molecular formula is C4H10N4O3S. The molecule has 0 atom stereocenters. The van der Waals surface area contributed by atoms with Gasteiger partial charge in [-0.1, -0.05) is 11.3 Å². The van der Waals surface area contributed by atoms with E-state index in [1.54, 1.807) is 6.92 Å². The van der Waals surface area contributed by atoms with Crippen molar-refractivity contribution in [3.63, 3.8) is 0 Å². The first-order valence-corrected chi connectivity index (χ1v) is 4.77. The number of sulfonamides is 1. The second-order valence-corrected chi connectivity index (χ2v) is 3.94. The predicted molar refractivity (Wildman–Crippen MR) is 43.6 cm³/mol. The molecule has 0 spiro atoms. The van der Waals surface area contributed by atoms with Crippen LogP contribution < -0.4 is 5.73 Å². The van der Waals surface area contributed by atoms with Gasteiger partial charge in [-0.25, -0.2) is 8.42 Å². The number of nitrogens with two attached hydrogens (primary N) is 1. The molecule has 0 bridgehead atoms. The van der Waals surface area contributed by atoms with Gasteiger partial charge in [0.25, 0.3) is 10.0 Å². The van der Waals surface area contributed by atoms with Crippen LogP contribution in [0.5, 0.6) is 0 Å². The molecule has 0 saturated carbocycles. The Balaban J connectivity index is 4.73. The third kappa shape index (κ3) is 2.46. The van der Waals surface area contributed by atoms with E-state index in [4.69, 9.17) is 11.1 Å². The Morgan fingerprint density at radius 1 is 1.67 bits per heavy atom. The molecule has 0 amide bonds. The van der Waals surface area contributed by atoms with Gasteiger partial charge in [-0.05, 0) is 6.42 Å². The number of nitroso groups, excluding NO2 is 1. The molecule has 7 nitrogen and oxygen atoms in total. The van der Waals surface area contributed by atoms with E-state index in [1.165, 1.54) is 0 Å². The average molecular weight is 194 g/mol. The lowest BCUT2D eigenvalue weighted by Gasteiger charge is -2.11. The minimum absolute atomic E-state index is 0.0312. The number of hydrogen-bond acceptors (Lipinski definition) is 5. The SMILES string of the molecule is CCCS(=O)(=O)N(N=O)C(=N)N. The molecule has 70 valence electrons. The highest BCUT2D eigenvalue weighted by atomic mass is 32.2. The maximum atomic E-state index is 11.0. The molecule has 3 N–H and O–H groups in total. The minimum Gasteiger partial charge on any atom is -0.368 e. The maximum absolute atomic E-state index is 11.0. The maximum Gasteiger partial charge on any atom is 0.259 e. The molecule has 0 aliphatic rings. The number of nitrogens with one attached hydrogen (secondary N) is 1. The topological polar surface area (TPSA) is 117 Å². The van der Waals surface area contributed by atoms with E-state index >= 15 is 0 Å². The lowest BCUT2D eigenvalue weighted by atomic mass is 10.6. The molecule has 0 radical (unpaired) electrons. The standard InChI is InChI=1S/C4H10N4O3S/c1-2-3-12(10,11)8(7-9)4(5)6/h2-3H2,1H3,(H3,5,6). The molecule has 0 aliphatic heterocycles. The van der Waals surface area contributed by atoms with Gasteiger partial charge in [0.1, 0.15) is 0 Å². The van der Waals surface area contributed by atoms with E-state index in [0.717, 1.165) is 0 Å². The summed E-state index contributed by atoms with van der Waals surface area (Å²) in [4.78, 5) is 9.94. The molecule has 0 aliphatic carbocycles. The van der Waals surface area contributed by atoms with Crippen molar-refractivity contribution >= 4 is 16.0 Å². The molecular weight excluding hydrogens is 184 g/mol. The van der Waals surface area contributed by atoms with Gasteiger partial charge in [0.05, 0.1) is 11.0 Å². The first-order valence-electron chi connectivity index (χ1n) is 3.16.